The average molecular weight is 197 g/mol. The standard InChI is InChI=1S/C8H15N5O/c1-9-8-12-11-7(13(8)2)6-3-5(14)4-10-6/h5-6,10,14H,3-4H2,1-2H3,(H,9,12). The second-order valence-electron chi connectivity index (χ2n) is 3.54. The molecule has 2 rings (SSSR count). The third kappa shape index (κ3) is 1.46. The molecule has 1 aromatic heterocycles. The van der Waals surface area contributed by atoms with Crippen LogP contribution in [0.2, 0.25) is 0 Å². The average Bonchev–Trinajstić information content (AvgIpc) is 2.72. The van der Waals surface area contributed by atoms with E-state index >= 15 is 0 Å². The molecule has 78 valence electrons. The smallest absolute Gasteiger partial charge is 0.224 e. The number of nitrogens with zero attached hydrogens (tertiary/aromatic N) is 3. The van der Waals surface area contributed by atoms with Crippen molar-refractivity contribution in [2.75, 3.05) is 18.9 Å². The van der Waals surface area contributed by atoms with Crippen LogP contribution in [0.3, 0.4) is 0 Å². The molecule has 1 aromatic rings. The normalized spacial score (nSPS) is 26.8. The van der Waals surface area contributed by atoms with Gasteiger partial charge in [0.2, 0.25) is 5.95 Å². The Morgan fingerprint density at radius 1 is 1.57 bits per heavy atom. The molecular weight excluding hydrogens is 182 g/mol. The van der Waals surface area contributed by atoms with Crippen molar-refractivity contribution < 1.29 is 5.11 Å². The van der Waals surface area contributed by atoms with E-state index in [9.17, 15) is 5.11 Å². The zero-order valence-electron chi connectivity index (χ0n) is 8.36. The fraction of sp³-hybridized carbons (Fsp3) is 0.750. The number of aliphatic hydroxyl groups is 1. The Hall–Kier alpha value is -1.14. The quantitative estimate of drug-likeness (QED) is 0.582. The fourth-order valence-electron chi connectivity index (χ4n) is 1.78. The fourth-order valence-corrected chi connectivity index (χ4v) is 1.78. The predicted molar refractivity (Wildman–Crippen MR) is 51.9 cm³/mol. The van der Waals surface area contributed by atoms with Gasteiger partial charge < -0.3 is 15.7 Å². The number of hydrogen-bond acceptors (Lipinski definition) is 5. The molecular formula is C8H15N5O. The second-order valence-corrected chi connectivity index (χ2v) is 3.54. The highest BCUT2D eigenvalue weighted by molar-refractivity contribution is 5.25. The van der Waals surface area contributed by atoms with Crippen LogP contribution in [0.5, 0.6) is 0 Å². The molecule has 14 heavy (non-hydrogen) atoms. The van der Waals surface area contributed by atoms with Gasteiger partial charge in [-0.25, -0.2) is 0 Å². The van der Waals surface area contributed by atoms with Crippen LogP contribution in [0.25, 0.3) is 0 Å². The van der Waals surface area contributed by atoms with E-state index in [4.69, 9.17) is 0 Å². The molecule has 0 aliphatic carbocycles. The summed E-state index contributed by atoms with van der Waals surface area (Å²) in [7, 11) is 3.72. The van der Waals surface area contributed by atoms with Crippen molar-refractivity contribution >= 4 is 5.95 Å². The van der Waals surface area contributed by atoms with E-state index in [2.05, 4.69) is 20.8 Å². The van der Waals surface area contributed by atoms with Gasteiger partial charge >= 0.3 is 0 Å². The van der Waals surface area contributed by atoms with Crippen LogP contribution < -0.4 is 10.6 Å². The lowest BCUT2D eigenvalue weighted by Crippen LogP contribution is -2.18. The van der Waals surface area contributed by atoms with E-state index in [1.54, 1.807) is 0 Å². The minimum absolute atomic E-state index is 0.115. The Bertz CT molecular complexity index is 324. The van der Waals surface area contributed by atoms with E-state index in [1.807, 2.05) is 18.7 Å². The van der Waals surface area contributed by atoms with Gasteiger partial charge in [-0.15, -0.1) is 10.2 Å². The van der Waals surface area contributed by atoms with Crippen LogP contribution in [0.15, 0.2) is 0 Å². The summed E-state index contributed by atoms with van der Waals surface area (Å²) in [5.74, 6) is 1.61. The third-order valence-electron chi connectivity index (χ3n) is 2.55. The lowest BCUT2D eigenvalue weighted by molar-refractivity contribution is 0.193. The summed E-state index contributed by atoms with van der Waals surface area (Å²) >= 11 is 0. The van der Waals surface area contributed by atoms with Crippen molar-refractivity contribution in [3.63, 3.8) is 0 Å². The molecule has 2 heterocycles. The summed E-state index contributed by atoms with van der Waals surface area (Å²) < 4.78 is 1.90. The lowest BCUT2D eigenvalue weighted by Gasteiger charge is -2.09. The molecule has 2 unspecified atom stereocenters. The summed E-state index contributed by atoms with van der Waals surface area (Å²) in [6.45, 7) is 0.631. The topological polar surface area (TPSA) is 75.0 Å². The molecule has 2 atom stereocenters. The Morgan fingerprint density at radius 3 is 2.86 bits per heavy atom. The van der Waals surface area contributed by atoms with Crippen LogP contribution in [0.4, 0.5) is 5.95 Å². The first kappa shape index (κ1) is 9.42. The minimum atomic E-state index is -0.269. The van der Waals surface area contributed by atoms with Crippen LogP contribution in [-0.4, -0.2) is 39.6 Å². The van der Waals surface area contributed by atoms with Crippen LogP contribution in [-0.2, 0) is 7.05 Å². The van der Waals surface area contributed by atoms with Gasteiger partial charge in [-0.1, -0.05) is 0 Å². The molecule has 1 aliphatic rings. The number of β-amino-alcohol motifs (C(OH)–C–C–N with tert-alkyl or cyclic N) is 1. The van der Waals surface area contributed by atoms with Crippen molar-refractivity contribution in [2.45, 2.75) is 18.6 Å². The molecule has 0 bridgehead atoms. The molecule has 1 aliphatic heterocycles. The number of anilines is 1. The summed E-state index contributed by atoms with van der Waals surface area (Å²) in [6.07, 6.45) is 0.435. The predicted octanol–water partition coefficient (Wildman–Crippen LogP) is -0.748. The number of nitrogens with one attached hydrogen (secondary N) is 2. The van der Waals surface area contributed by atoms with Gasteiger partial charge in [0.05, 0.1) is 12.1 Å². The van der Waals surface area contributed by atoms with Crippen LogP contribution in [0, 0.1) is 0 Å². The summed E-state index contributed by atoms with van der Waals surface area (Å²) in [4.78, 5) is 0. The Balaban J connectivity index is 2.20. The summed E-state index contributed by atoms with van der Waals surface area (Å²) in [5, 5.41) is 23.6. The SMILES string of the molecule is CNc1nnc(C2CC(O)CN2)n1C. The molecule has 3 N–H and O–H groups in total. The maximum Gasteiger partial charge on any atom is 0.224 e. The summed E-state index contributed by atoms with van der Waals surface area (Å²) in [6, 6.07) is 0.115. The number of rotatable bonds is 2. The monoisotopic (exact) mass is 197 g/mol. The molecule has 0 saturated carbocycles. The first-order valence-corrected chi connectivity index (χ1v) is 4.71. The lowest BCUT2D eigenvalue weighted by atomic mass is 10.2. The third-order valence-corrected chi connectivity index (χ3v) is 2.55. The van der Waals surface area contributed by atoms with E-state index in [1.165, 1.54) is 0 Å². The number of aromatic nitrogens is 3. The van der Waals surface area contributed by atoms with Crippen molar-refractivity contribution in [3.8, 4) is 0 Å². The molecule has 0 aromatic carbocycles. The van der Waals surface area contributed by atoms with Crippen LogP contribution >= 0.6 is 0 Å². The highest BCUT2D eigenvalue weighted by Crippen LogP contribution is 2.22. The Labute approximate surface area is 82.3 Å². The minimum Gasteiger partial charge on any atom is -0.392 e. The number of aliphatic hydroxyl groups excluding tert-OH is 1. The van der Waals surface area contributed by atoms with Gasteiger partial charge in [-0.05, 0) is 6.42 Å². The Morgan fingerprint density at radius 2 is 2.36 bits per heavy atom. The van der Waals surface area contributed by atoms with Crippen molar-refractivity contribution in [2.24, 2.45) is 7.05 Å². The molecule has 0 radical (unpaired) electrons. The second kappa shape index (κ2) is 3.55. The molecule has 1 fully saturated rings. The first-order chi connectivity index (χ1) is 6.72. The largest absolute Gasteiger partial charge is 0.392 e. The van der Waals surface area contributed by atoms with E-state index < -0.39 is 0 Å². The van der Waals surface area contributed by atoms with E-state index in [-0.39, 0.29) is 12.1 Å². The maximum absolute atomic E-state index is 9.38. The van der Waals surface area contributed by atoms with Gasteiger partial charge in [0.1, 0.15) is 0 Å². The van der Waals surface area contributed by atoms with Gasteiger partial charge in [0.15, 0.2) is 5.82 Å². The highest BCUT2D eigenvalue weighted by Gasteiger charge is 2.27. The number of hydrogen-bond donors (Lipinski definition) is 3. The van der Waals surface area contributed by atoms with Gasteiger partial charge in [-0.3, -0.25) is 4.57 Å². The molecule has 0 amide bonds. The molecule has 6 heteroatoms. The maximum atomic E-state index is 9.38. The molecule has 1 saturated heterocycles. The first-order valence-electron chi connectivity index (χ1n) is 4.71. The molecule has 6 nitrogen and oxygen atoms in total. The van der Waals surface area contributed by atoms with Gasteiger partial charge in [-0.2, -0.15) is 0 Å². The van der Waals surface area contributed by atoms with Gasteiger partial charge in [0, 0.05) is 20.6 Å². The summed E-state index contributed by atoms with van der Waals surface area (Å²) in [5.41, 5.74) is 0. The zero-order valence-corrected chi connectivity index (χ0v) is 8.36. The van der Waals surface area contributed by atoms with Crippen molar-refractivity contribution in [3.05, 3.63) is 5.82 Å². The zero-order chi connectivity index (χ0) is 10.1. The van der Waals surface area contributed by atoms with E-state index in [0.717, 1.165) is 11.8 Å². The van der Waals surface area contributed by atoms with Crippen molar-refractivity contribution in [1.82, 2.24) is 20.1 Å². The molecule has 0 spiro atoms. The Kier molecular flexibility index (Phi) is 2.39. The van der Waals surface area contributed by atoms with Crippen LogP contribution in [0.1, 0.15) is 18.3 Å². The highest BCUT2D eigenvalue weighted by atomic mass is 16.3. The van der Waals surface area contributed by atoms with Gasteiger partial charge in [0.25, 0.3) is 0 Å². The van der Waals surface area contributed by atoms with E-state index in [0.29, 0.717) is 13.0 Å². The van der Waals surface area contributed by atoms with Crippen molar-refractivity contribution in [1.29, 1.82) is 0 Å².